The third-order valence-corrected chi connectivity index (χ3v) is 3.53. The Morgan fingerprint density at radius 1 is 1.04 bits per heavy atom. The molecular formula is C16H15N7. The normalized spacial score (nSPS) is 11.0. The molecule has 0 saturated carbocycles. The zero-order valence-electron chi connectivity index (χ0n) is 12.4. The summed E-state index contributed by atoms with van der Waals surface area (Å²) in [6, 6.07) is 13.9. The molecule has 0 aliphatic rings. The number of nitrogens with zero attached hydrogens (tertiary/aromatic N) is 6. The Labute approximate surface area is 132 Å². The lowest BCUT2D eigenvalue weighted by Crippen LogP contribution is -2.13. The van der Waals surface area contributed by atoms with Crippen molar-refractivity contribution in [2.45, 2.75) is 6.54 Å². The van der Waals surface area contributed by atoms with Crippen molar-refractivity contribution in [1.29, 1.82) is 0 Å². The lowest BCUT2D eigenvalue weighted by atomic mass is 10.1. The predicted octanol–water partition coefficient (Wildman–Crippen LogP) is 2.10. The number of nitrogens with one attached hydrogen (secondary N) is 1. The minimum absolute atomic E-state index is 0.577. The molecule has 3 aromatic heterocycles. The fourth-order valence-corrected chi connectivity index (χ4v) is 2.43. The maximum absolute atomic E-state index is 4.56. The van der Waals surface area contributed by atoms with Gasteiger partial charge in [0, 0.05) is 30.6 Å². The zero-order valence-corrected chi connectivity index (χ0v) is 12.4. The van der Waals surface area contributed by atoms with Crippen LogP contribution in [0, 0.1) is 0 Å². The van der Waals surface area contributed by atoms with E-state index in [1.54, 1.807) is 10.7 Å². The van der Waals surface area contributed by atoms with E-state index < -0.39 is 0 Å². The van der Waals surface area contributed by atoms with Gasteiger partial charge in [0.2, 0.25) is 0 Å². The predicted molar refractivity (Wildman–Crippen MR) is 86.9 cm³/mol. The van der Waals surface area contributed by atoms with Crippen LogP contribution in [-0.2, 0) is 6.54 Å². The van der Waals surface area contributed by atoms with Crippen molar-refractivity contribution in [2.24, 2.45) is 0 Å². The molecule has 0 aliphatic carbocycles. The van der Waals surface area contributed by atoms with Crippen LogP contribution in [0.4, 0.5) is 5.82 Å². The average molecular weight is 305 g/mol. The van der Waals surface area contributed by atoms with E-state index in [4.69, 9.17) is 0 Å². The van der Waals surface area contributed by atoms with Gasteiger partial charge in [-0.2, -0.15) is 19.7 Å². The van der Waals surface area contributed by atoms with Crippen LogP contribution in [0.2, 0.25) is 0 Å². The summed E-state index contributed by atoms with van der Waals surface area (Å²) >= 11 is 0. The topological polar surface area (TPSA) is 72.9 Å². The van der Waals surface area contributed by atoms with Gasteiger partial charge in [-0.25, -0.2) is 4.98 Å². The quantitative estimate of drug-likeness (QED) is 0.611. The van der Waals surface area contributed by atoms with Crippen LogP contribution in [0.1, 0.15) is 0 Å². The van der Waals surface area contributed by atoms with Crippen LogP contribution in [0.3, 0.4) is 0 Å². The summed E-state index contributed by atoms with van der Waals surface area (Å²) in [7, 11) is 0. The van der Waals surface area contributed by atoms with Gasteiger partial charge in [0.15, 0.2) is 0 Å². The van der Waals surface area contributed by atoms with Crippen LogP contribution < -0.4 is 5.32 Å². The first-order valence-corrected chi connectivity index (χ1v) is 7.38. The molecule has 0 aliphatic heterocycles. The molecule has 1 aromatic carbocycles. The third kappa shape index (κ3) is 2.76. The van der Waals surface area contributed by atoms with Crippen LogP contribution >= 0.6 is 0 Å². The first kappa shape index (κ1) is 13.4. The lowest BCUT2D eigenvalue weighted by molar-refractivity contribution is 0.636. The maximum atomic E-state index is 4.56. The van der Waals surface area contributed by atoms with Crippen LogP contribution in [0.25, 0.3) is 17.0 Å². The van der Waals surface area contributed by atoms with Gasteiger partial charge < -0.3 is 5.32 Å². The summed E-state index contributed by atoms with van der Waals surface area (Å²) in [5.74, 6) is 1.44. The highest BCUT2D eigenvalue weighted by molar-refractivity contribution is 5.65. The average Bonchev–Trinajstić information content (AvgIpc) is 3.26. The first-order chi connectivity index (χ1) is 11.4. The van der Waals surface area contributed by atoms with Gasteiger partial charge in [0.05, 0.1) is 12.2 Å². The molecule has 3 heterocycles. The largest absolute Gasteiger partial charge is 0.368 e. The summed E-state index contributed by atoms with van der Waals surface area (Å²) in [6.45, 7) is 1.50. The van der Waals surface area contributed by atoms with Crippen molar-refractivity contribution in [3.63, 3.8) is 0 Å². The Balaban J connectivity index is 1.63. The number of benzene rings is 1. The summed E-state index contributed by atoms with van der Waals surface area (Å²) in [5.41, 5.74) is 1.92. The molecule has 0 bridgehead atoms. The number of rotatable bonds is 5. The van der Waals surface area contributed by atoms with E-state index in [-0.39, 0.29) is 0 Å². The van der Waals surface area contributed by atoms with Gasteiger partial charge in [0.1, 0.15) is 12.1 Å². The molecule has 114 valence electrons. The highest BCUT2D eigenvalue weighted by Gasteiger charge is 2.08. The molecule has 23 heavy (non-hydrogen) atoms. The Hall–Kier alpha value is -3.22. The SMILES string of the molecule is c1ccc(-c2cc(NCCn3cccn3)n3ncnc3n2)cc1. The molecular weight excluding hydrogens is 290 g/mol. The Morgan fingerprint density at radius 3 is 2.78 bits per heavy atom. The van der Waals surface area contributed by atoms with E-state index in [9.17, 15) is 0 Å². The van der Waals surface area contributed by atoms with Crippen molar-refractivity contribution in [3.8, 4) is 11.3 Å². The number of hydrogen-bond donors (Lipinski definition) is 1. The Morgan fingerprint density at radius 2 is 1.96 bits per heavy atom. The van der Waals surface area contributed by atoms with Crippen LogP contribution in [0.5, 0.6) is 0 Å². The van der Waals surface area contributed by atoms with Crippen molar-refractivity contribution in [1.82, 2.24) is 29.4 Å². The fourth-order valence-electron chi connectivity index (χ4n) is 2.43. The first-order valence-electron chi connectivity index (χ1n) is 7.38. The molecule has 0 atom stereocenters. The van der Waals surface area contributed by atoms with Gasteiger partial charge in [-0.1, -0.05) is 30.3 Å². The molecule has 7 nitrogen and oxygen atoms in total. The smallest absolute Gasteiger partial charge is 0.254 e. The molecule has 0 fully saturated rings. The van der Waals surface area contributed by atoms with E-state index in [1.807, 2.05) is 53.3 Å². The van der Waals surface area contributed by atoms with Crippen LogP contribution in [-0.4, -0.2) is 35.9 Å². The Bertz CT molecular complexity index is 897. The molecule has 4 rings (SSSR count). The zero-order chi connectivity index (χ0) is 15.5. The number of aromatic nitrogens is 6. The van der Waals surface area contributed by atoms with Gasteiger partial charge >= 0.3 is 0 Å². The van der Waals surface area contributed by atoms with Crippen molar-refractivity contribution < 1.29 is 0 Å². The standard InChI is InChI=1S/C16H15N7/c1-2-5-13(6-3-1)14-11-15(23-16(21-14)18-12-20-23)17-8-10-22-9-4-7-19-22/h1-7,9,11-12,17H,8,10H2. The second kappa shape index (κ2) is 5.88. The Kier molecular flexibility index (Phi) is 3.44. The van der Waals surface area contributed by atoms with Crippen molar-refractivity contribution >= 4 is 11.6 Å². The third-order valence-electron chi connectivity index (χ3n) is 3.53. The van der Waals surface area contributed by atoms with Crippen LogP contribution in [0.15, 0.2) is 61.2 Å². The minimum atomic E-state index is 0.577. The number of fused-ring (bicyclic) bond motifs is 1. The van der Waals surface area contributed by atoms with E-state index >= 15 is 0 Å². The fraction of sp³-hybridized carbons (Fsp3) is 0.125. The van der Waals surface area contributed by atoms with Gasteiger partial charge in [-0.3, -0.25) is 4.68 Å². The lowest BCUT2D eigenvalue weighted by Gasteiger charge is -2.10. The van der Waals surface area contributed by atoms with Gasteiger partial charge in [-0.15, -0.1) is 0 Å². The second-order valence-corrected chi connectivity index (χ2v) is 5.06. The molecule has 0 unspecified atom stereocenters. The molecule has 0 saturated heterocycles. The molecule has 0 radical (unpaired) electrons. The monoisotopic (exact) mass is 305 g/mol. The van der Waals surface area contributed by atoms with E-state index in [0.29, 0.717) is 5.78 Å². The van der Waals surface area contributed by atoms with E-state index in [1.165, 1.54) is 6.33 Å². The van der Waals surface area contributed by atoms with Crippen molar-refractivity contribution in [2.75, 3.05) is 11.9 Å². The summed E-state index contributed by atoms with van der Waals surface area (Å²) in [6.07, 6.45) is 5.22. The van der Waals surface area contributed by atoms with Gasteiger partial charge in [-0.05, 0) is 6.07 Å². The van der Waals surface area contributed by atoms with Crippen molar-refractivity contribution in [3.05, 3.63) is 61.2 Å². The molecule has 1 N–H and O–H groups in total. The summed E-state index contributed by atoms with van der Waals surface area (Å²) in [5, 5.41) is 11.8. The van der Waals surface area contributed by atoms with Gasteiger partial charge in [0.25, 0.3) is 5.78 Å². The summed E-state index contributed by atoms with van der Waals surface area (Å²) in [4.78, 5) is 8.76. The van der Waals surface area contributed by atoms with E-state index in [0.717, 1.165) is 30.2 Å². The maximum Gasteiger partial charge on any atom is 0.254 e. The highest BCUT2D eigenvalue weighted by atomic mass is 15.4. The summed E-state index contributed by atoms with van der Waals surface area (Å²) < 4.78 is 3.58. The number of hydrogen-bond acceptors (Lipinski definition) is 5. The number of anilines is 1. The molecule has 4 aromatic rings. The minimum Gasteiger partial charge on any atom is -0.368 e. The van der Waals surface area contributed by atoms with E-state index in [2.05, 4.69) is 25.5 Å². The molecule has 7 heteroatoms. The second-order valence-electron chi connectivity index (χ2n) is 5.06. The molecule has 0 amide bonds. The highest BCUT2D eigenvalue weighted by Crippen LogP contribution is 2.20. The molecule has 0 spiro atoms.